The molecule has 0 saturated carbocycles. The van der Waals surface area contributed by atoms with Crippen molar-refractivity contribution >= 4 is 11.9 Å². The van der Waals surface area contributed by atoms with E-state index in [1.165, 1.54) is 96.0 Å². The summed E-state index contributed by atoms with van der Waals surface area (Å²) < 4.78 is 4.89. The van der Waals surface area contributed by atoms with Gasteiger partial charge >= 0.3 is 11.9 Å². The zero-order valence-electron chi connectivity index (χ0n) is 20.8. The maximum absolute atomic E-state index is 11.6. The first-order chi connectivity index (χ1) is 15.6. The number of rotatable bonds is 24. The maximum atomic E-state index is 11.6. The second-order valence-electron chi connectivity index (χ2n) is 9.00. The highest BCUT2D eigenvalue weighted by atomic mass is 16.5. The predicted octanol–water partition coefficient (Wildman–Crippen LogP) is 8.40. The number of carbonyl (C=O) groups excluding carboxylic acids is 1. The first kappa shape index (κ1) is 30.4. The van der Waals surface area contributed by atoms with Gasteiger partial charge in [0.15, 0.2) is 0 Å². The average Bonchev–Trinajstić information content (AvgIpc) is 2.78. The summed E-state index contributed by atoms with van der Waals surface area (Å²) in [4.78, 5) is 22.9. The van der Waals surface area contributed by atoms with E-state index in [0.29, 0.717) is 6.42 Å². The molecule has 0 aliphatic rings. The summed E-state index contributed by atoms with van der Waals surface area (Å²) in [7, 11) is 0. The monoisotopic (exact) mass is 450 g/mol. The molecule has 0 aromatic heterocycles. The van der Waals surface area contributed by atoms with Crippen LogP contribution in [-0.4, -0.2) is 23.7 Å². The molecule has 0 saturated heterocycles. The maximum Gasteiger partial charge on any atom is 0.307 e. The molecule has 4 nitrogen and oxygen atoms in total. The van der Waals surface area contributed by atoms with Crippen LogP contribution in [0.1, 0.15) is 129 Å². The number of allylic oxidation sites excluding steroid dienone is 2. The van der Waals surface area contributed by atoms with Gasteiger partial charge in [-0.25, -0.2) is 0 Å². The molecule has 0 bridgehead atoms. The third kappa shape index (κ3) is 21.6. The zero-order chi connectivity index (χ0) is 23.7. The Morgan fingerprint density at radius 3 is 1.72 bits per heavy atom. The Bertz CT molecular complexity index is 484. The molecule has 0 spiro atoms. The molecular formula is C28H50O4. The van der Waals surface area contributed by atoms with E-state index in [-0.39, 0.29) is 13.0 Å². The molecule has 1 unspecified atom stereocenters. The minimum Gasteiger partial charge on any atom is -0.481 e. The lowest BCUT2D eigenvalue weighted by atomic mass is 9.97. The van der Waals surface area contributed by atoms with Gasteiger partial charge in [-0.15, -0.1) is 0 Å². The number of esters is 1. The first-order valence-corrected chi connectivity index (χ1v) is 13.3. The molecule has 0 heterocycles. The van der Waals surface area contributed by atoms with Crippen molar-refractivity contribution in [1.29, 1.82) is 0 Å². The van der Waals surface area contributed by atoms with Gasteiger partial charge in [-0.3, -0.25) is 9.59 Å². The van der Waals surface area contributed by atoms with Crippen LogP contribution in [0.2, 0.25) is 0 Å². The SMILES string of the molecule is C=CCOC(=O)CC(CCCCCCCCCCCCCC/C=C/CCCCC)C(=O)O. The van der Waals surface area contributed by atoms with Gasteiger partial charge in [-0.1, -0.05) is 115 Å². The van der Waals surface area contributed by atoms with Gasteiger partial charge < -0.3 is 9.84 Å². The normalized spacial score (nSPS) is 12.2. The van der Waals surface area contributed by atoms with Gasteiger partial charge in [0, 0.05) is 0 Å². The van der Waals surface area contributed by atoms with Crippen molar-refractivity contribution in [3.05, 3.63) is 24.8 Å². The number of ether oxygens (including phenoxy) is 1. The average molecular weight is 451 g/mol. The minimum absolute atomic E-state index is 0.0427. The summed E-state index contributed by atoms with van der Waals surface area (Å²) in [5.41, 5.74) is 0. The summed E-state index contributed by atoms with van der Waals surface area (Å²) in [6, 6.07) is 0. The van der Waals surface area contributed by atoms with Gasteiger partial charge in [0.25, 0.3) is 0 Å². The summed E-state index contributed by atoms with van der Waals surface area (Å²) in [6.45, 7) is 5.88. The zero-order valence-corrected chi connectivity index (χ0v) is 20.8. The van der Waals surface area contributed by atoms with Crippen LogP contribution in [0.4, 0.5) is 0 Å². The number of carboxylic acid groups (broad SMARTS) is 1. The summed E-state index contributed by atoms with van der Waals surface area (Å²) in [5, 5.41) is 9.27. The molecule has 186 valence electrons. The minimum atomic E-state index is -0.903. The second kappa shape index (κ2) is 24.1. The van der Waals surface area contributed by atoms with E-state index in [9.17, 15) is 14.7 Å². The molecule has 0 aromatic carbocycles. The van der Waals surface area contributed by atoms with Gasteiger partial charge in [0.1, 0.15) is 6.61 Å². The van der Waals surface area contributed by atoms with Gasteiger partial charge in [0.2, 0.25) is 0 Å². The smallest absolute Gasteiger partial charge is 0.307 e. The first-order valence-electron chi connectivity index (χ1n) is 13.3. The fourth-order valence-electron chi connectivity index (χ4n) is 3.89. The van der Waals surface area contributed by atoms with Crippen LogP contribution in [0.5, 0.6) is 0 Å². The Hall–Kier alpha value is -1.58. The number of carboxylic acids is 1. The lowest BCUT2D eigenvalue weighted by Gasteiger charge is -2.11. The Balaban J connectivity index is 3.41. The van der Waals surface area contributed by atoms with Crippen LogP contribution in [0.25, 0.3) is 0 Å². The number of hydrogen-bond donors (Lipinski definition) is 1. The molecule has 0 radical (unpaired) electrons. The summed E-state index contributed by atoms with van der Waals surface area (Å²) in [6.07, 6.45) is 28.2. The van der Waals surface area contributed by atoms with E-state index in [0.717, 1.165) is 19.3 Å². The molecule has 0 aliphatic heterocycles. The van der Waals surface area contributed by atoms with Crippen molar-refractivity contribution in [2.24, 2.45) is 5.92 Å². The van der Waals surface area contributed by atoms with E-state index in [1.54, 1.807) is 0 Å². The summed E-state index contributed by atoms with van der Waals surface area (Å²) >= 11 is 0. The Kier molecular flexibility index (Phi) is 22.9. The van der Waals surface area contributed by atoms with E-state index in [4.69, 9.17) is 4.74 Å². The van der Waals surface area contributed by atoms with Crippen LogP contribution >= 0.6 is 0 Å². The summed E-state index contributed by atoms with van der Waals surface area (Å²) in [5.74, 6) is -1.99. The fraction of sp³-hybridized carbons (Fsp3) is 0.786. The van der Waals surface area contributed by atoms with E-state index >= 15 is 0 Å². The van der Waals surface area contributed by atoms with Crippen LogP contribution < -0.4 is 0 Å². The van der Waals surface area contributed by atoms with Crippen LogP contribution in [0.15, 0.2) is 24.8 Å². The van der Waals surface area contributed by atoms with E-state index < -0.39 is 17.9 Å². The van der Waals surface area contributed by atoms with Crippen molar-refractivity contribution < 1.29 is 19.4 Å². The Morgan fingerprint density at radius 2 is 1.25 bits per heavy atom. The quantitative estimate of drug-likeness (QED) is 0.0910. The van der Waals surface area contributed by atoms with Crippen LogP contribution in [-0.2, 0) is 14.3 Å². The Morgan fingerprint density at radius 1 is 0.781 bits per heavy atom. The fourth-order valence-corrected chi connectivity index (χ4v) is 3.89. The molecule has 0 rings (SSSR count). The molecule has 0 fully saturated rings. The lowest BCUT2D eigenvalue weighted by molar-refractivity contribution is -0.151. The van der Waals surface area contributed by atoms with Crippen molar-refractivity contribution in [3.63, 3.8) is 0 Å². The lowest BCUT2D eigenvalue weighted by Crippen LogP contribution is -2.19. The van der Waals surface area contributed by atoms with Crippen molar-refractivity contribution in [2.45, 2.75) is 129 Å². The van der Waals surface area contributed by atoms with Crippen LogP contribution in [0.3, 0.4) is 0 Å². The number of unbranched alkanes of at least 4 members (excludes halogenated alkanes) is 15. The molecule has 0 aliphatic carbocycles. The molecule has 4 heteroatoms. The highest BCUT2D eigenvalue weighted by molar-refractivity contribution is 5.78. The van der Waals surface area contributed by atoms with Crippen molar-refractivity contribution in [2.75, 3.05) is 6.61 Å². The molecule has 32 heavy (non-hydrogen) atoms. The van der Waals surface area contributed by atoms with Crippen molar-refractivity contribution in [1.82, 2.24) is 0 Å². The van der Waals surface area contributed by atoms with Crippen LogP contribution in [0, 0.1) is 5.92 Å². The molecule has 1 N–H and O–H groups in total. The van der Waals surface area contributed by atoms with Crippen molar-refractivity contribution in [3.8, 4) is 0 Å². The van der Waals surface area contributed by atoms with E-state index in [1.807, 2.05) is 0 Å². The topological polar surface area (TPSA) is 63.6 Å². The second-order valence-corrected chi connectivity index (χ2v) is 9.00. The van der Waals surface area contributed by atoms with Gasteiger partial charge in [0.05, 0.1) is 12.3 Å². The highest BCUT2D eigenvalue weighted by Crippen LogP contribution is 2.17. The standard InChI is InChI=1S/C28H50O4/c1-3-5-6-7-8-9-10-11-12-13-14-15-16-17-18-19-20-21-22-23-26(28(30)31)25-27(29)32-24-4-2/h4,8-9,26H,2-3,5-7,10-25H2,1H3,(H,30,31)/b9-8+. The van der Waals surface area contributed by atoms with Gasteiger partial charge in [-0.05, 0) is 32.1 Å². The van der Waals surface area contributed by atoms with Gasteiger partial charge in [-0.2, -0.15) is 0 Å². The third-order valence-electron chi connectivity index (χ3n) is 5.94. The number of carbonyl (C=O) groups is 2. The number of aliphatic carboxylic acids is 1. The highest BCUT2D eigenvalue weighted by Gasteiger charge is 2.21. The molecule has 0 aromatic rings. The molecule has 0 amide bonds. The Labute approximate surface area is 197 Å². The number of hydrogen-bond acceptors (Lipinski definition) is 3. The van der Waals surface area contributed by atoms with E-state index in [2.05, 4.69) is 25.7 Å². The molecule has 1 atom stereocenters. The third-order valence-corrected chi connectivity index (χ3v) is 5.94. The predicted molar refractivity (Wildman–Crippen MR) is 135 cm³/mol. The largest absolute Gasteiger partial charge is 0.481 e. The molecular weight excluding hydrogens is 400 g/mol.